The standard InChI is InChI=1S/C10H8.Na.HO3P/c1-2-6-10-8-4-3-7-9(10)5-1;;1-4(2)3/h1-8H;;(H,1,2,3)/q;+1;. The van der Waals surface area contributed by atoms with Crippen LogP contribution in [0.1, 0.15) is 0 Å². The molecular weight excluding hydrogens is 222 g/mol. The van der Waals surface area contributed by atoms with Crippen molar-refractivity contribution in [1.82, 2.24) is 0 Å². The van der Waals surface area contributed by atoms with E-state index in [0.717, 1.165) is 0 Å². The Balaban J connectivity index is 0.000000346. The summed E-state index contributed by atoms with van der Waals surface area (Å²) in [6.07, 6.45) is 0. The maximum Gasteiger partial charge on any atom is 1.00 e. The van der Waals surface area contributed by atoms with Crippen LogP contribution in [-0.4, -0.2) is 4.89 Å². The number of fused-ring (bicyclic) bond motifs is 1. The Morgan fingerprint density at radius 1 is 0.933 bits per heavy atom. The van der Waals surface area contributed by atoms with Gasteiger partial charge in [0, 0.05) is 0 Å². The van der Waals surface area contributed by atoms with Gasteiger partial charge in [-0.2, -0.15) is 4.89 Å². The van der Waals surface area contributed by atoms with Crippen LogP contribution in [0.15, 0.2) is 48.5 Å². The Morgan fingerprint density at radius 3 is 1.33 bits per heavy atom. The molecule has 0 saturated carbocycles. The Kier molecular flexibility index (Phi) is 7.79. The zero-order valence-corrected chi connectivity index (χ0v) is 11.2. The second-order valence-corrected chi connectivity index (χ2v) is 3.06. The van der Waals surface area contributed by atoms with Crippen LogP contribution in [0.5, 0.6) is 0 Å². The summed E-state index contributed by atoms with van der Waals surface area (Å²) in [6, 6.07) is 16.7. The van der Waals surface area contributed by atoms with Crippen molar-refractivity contribution >= 4 is 19.0 Å². The predicted molar refractivity (Wildman–Crippen MR) is 53.8 cm³/mol. The normalized spacial score (nSPS) is 9.60. The first-order chi connectivity index (χ1) is 6.70. The van der Waals surface area contributed by atoms with Gasteiger partial charge in [0.1, 0.15) is 0 Å². The van der Waals surface area contributed by atoms with Crippen LogP contribution in [0.4, 0.5) is 0 Å². The molecule has 0 amide bonds. The van der Waals surface area contributed by atoms with Crippen molar-refractivity contribution < 1.29 is 43.9 Å². The van der Waals surface area contributed by atoms with E-state index in [-0.39, 0.29) is 29.6 Å². The smallest absolute Gasteiger partial charge is 0.567 e. The SMILES string of the molecule is O=[P+]([O-])O.[Na+].c1ccc2ccccc2c1. The summed E-state index contributed by atoms with van der Waals surface area (Å²) < 4.78 is 8.59. The molecule has 0 fully saturated rings. The van der Waals surface area contributed by atoms with Crippen molar-refractivity contribution in [2.75, 3.05) is 0 Å². The largest absolute Gasteiger partial charge is 1.00 e. The quantitative estimate of drug-likeness (QED) is 0.459. The Bertz CT molecular complexity index is 364. The maximum atomic E-state index is 8.59. The van der Waals surface area contributed by atoms with E-state index in [4.69, 9.17) is 14.4 Å². The fourth-order valence-electron chi connectivity index (χ4n) is 1.13. The van der Waals surface area contributed by atoms with Crippen LogP contribution in [0, 0.1) is 0 Å². The van der Waals surface area contributed by atoms with E-state index >= 15 is 0 Å². The first kappa shape index (κ1) is 14.7. The average molecular weight is 231 g/mol. The number of hydrogen-bond donors (Lipinski definition) is 1. The molecule has 72 valence electrons. The summed E-state index contributed by atoms with van der Waals surface area (Å²) in [5.74, 6) is 0. The molecule has 2 rings (SSSR count). The molecule has 0 saturated heterocycles. The molecule has 5 heteroatoms. The monoisotopic (exact) mass is 231 g/mol. The molecule has 0 radical (unpaired) electrons. The third-order valence-corrected chi connectivity index (χ3v) is 1.66. The Labute approximate surface area is 111 Å². The molecule has 0 aliphatic rings. The Hall–Kier alpha value is -0.280. The molecule has 1 N–H and O–H groups in total. The minimum Gasteiger partial charge on any atom is -0.567 e. The molecule has 0 heterocycles. The zero-order valence-electron chi connectivity index (χ0n) is 8.33. The molecule has 0 aliphatic heterocycles. The number of rotatable bonds is 0. The van der Waals surface area contributed by atoms with Crippen LogP contribution in [-0.2, 0) is 4.57 Å². The van der Waals surface area contributed by atoms with Gasteiger partial charge in [-0.15, -0.1) is 0 Å². The fraction of sp³-hybridized carbons (Fsp3) is 0. The van der Waals surface area contributed by atoms with Crippen LogP contribution < -0.4 is 34.5 Å². The molecule has 2 aromatic rings. The summed E-state index contributed by atoms with van der Waals surface area (Å²) >= 11 is 0. The van der Waals surface area contributed by atoms with Gasteiger partial charge in [0.15, 0.2) is 0 Å². The molecule has 1 unspecified atom stereocenters. The van der Waals surface area contributed by atoms with Crippen molar-refractivity contribution in [3.8, 4) is 0 Å². The Morgan fingerprint density at radius 2 is 1.13 bits per heavy atom. The molecule has 0 aliphatic carbocycles. The maximum absolute atomic E-state index is 8.59. The topological polar surface area (TPSA) is 60.4 Å². The second-order valence-electron chi connectivity index (χ2n) is 2.58. The summed E-state index contributed by atoms with van der Waals surface area (Å²) in [4.78, 5) is 15.6. The van der Waals surface area contributed by atoms with Crippen LogP contribution >= 0.6 is 8.25 Å². The van der Waals surface area contributed by atoms with Gasteiger partial charge >= 0.3 is 37.8 Å². The van der Waals surface area contributed by atoms with E-state index in [0.29, 0.717) is 0 Å². The molecule has 0 spiro atoms. The van der Waals surface area contributed by atoms with Crippen molar-refractivity contribution in [2.24, 2.45) is 0 Å². The van der Waals surface area contributed by atoms with Gasteiger partial charge in [0.25, 0.3) is 0 Å². The molecule has 1 atom stereocenters. The summed E-state index contributed by atoms with van der Waals surface area (Å²) in [6.45, 7) is 0. The van der Waals surface area contributed by atoms with E-state index in [2.05, 4.69) is 48.5 Å². The molecule has 0 bridgehead atoms. The zero-order chi connectivity index (χ0) is 10.4. The van der Waals surface area contributed by atoms with Crippen LogP contribution in [0.25, 0.3) is 10.8 Å². The van der Waals surface area contributed by atoms with Gasteiger partial charge in [-0.05, 0) is 15.3 Å². The van der Waals surface area contributed by atoms with E-state index in [1.807, 2.05) is 0 Å². The fourth-order valence-corrected chi connectivity index (χ4v) is 1.13. The number of benzene rings is 2. The molecule has 15 heavy (non-hydrogen) atoms. The molecule has 0 aromatic heterocycles. The third kappa shape index (κ3) is 6.00. The van der Waals surface area contributed by atoms with Crippen LogP contribution in [0.3, 0.4) is 0 Å². The van der Waals surface area contributed by atoms with E-state index in [1.54, 1.807) is 0 Å². The molecular formula is C10H9NaO3P+. The first-order valence-electron chi connectivity index (χ1n) is 3.97. The van der Waals surface area contributed by atoms with E-state index in [9.17, 15) is 0 Å². The van der Waals surface area contributed by atoms with Gasteiger partial charge in [0.05, 0.1) is 0 Å². The van der Waals surface area contributed by atoms with E-state index in [1.165, 1.54) is 10.8 Å². The van der Waals surface area contributed by atoms with Gasteiger partial charge in [-0.3, -0.25) is 0 Å². The second kappa shape index (κ2) is 7.94. The van der Waals surface area contributed by atoms with Gasteiger partial charge in [-0.1, -0.05) is 48.5 Å². The van der Waals surface area contributed by atoms with Crippen molar-refractivity contribution in [3.05, 3.63) is 48.5 Å². The minimum atomic E-state index is -3.12. The minimum absolute atomic E-state index is 0. The third-order valence-electron chi connectivity index (χ3n) is 1.66. The van der Waals surface area contributed by atoms with Crippen molar-refractivity contribution in [1.29, 1.82) is 0 Å². The van der Waals surface area contributed by atoms with Gasteiger partial charge < -0.3 is 4.89 Å². The summed E-state index contributed by atoms with van der Waals surface area (Å²) in [7, 11) is -3.12. The summed E-state index contributed by atoms with van der Waals surface area (Å²) in [5, 5.41) is 2.62. The van der Waals surface area contributed by atoms with Crippen molar-refractivity contribution in [3.63, 3.8) is 0 Å². The first-order valence-corrected chi connectivity index (χ1v) is 5.10. The average Bonchev–Trinajstić information content (AvgIpc) is 2.17. The number of hydrogen-bond acceptors (Lipinski definition) is 2. The van der Waals surface area contributed by atoms with Gasteiger partial charge in [-0.25, -0.2) is 0 Å². The van der Waals surface area contributed by atoms with Crippen molar-refractivity contribution in [2.45, 2.75) is 0 Å². The molecule has 3 nitrogen and oxygen atoms in total. The van der Waals surface area contributed by atoms with Gasteiger partial charge in [0.2, 0.25) is 0 Å². The predicted octanol–water partition coefficient (Wildman–Crippen LogP) is -1.16. The van der Waals surface area contributed by atoms with E-state index < -0.39 is 8.25 Å². The summed E-state index contributed by atoms with van der Waals surface area (Å²) in [5.41, 5.74) is 0. The molecule has 2 aromatic carbocycles. The van der Waals surface area contributed by atoms with Crippen LogP contribution in [0.2, 0.25) is 0 Å².